The Balaban J connectivity index is 1.81. The van der Waals surface area contributed by atoms with Crippen molar-refractivity contribution in [2.24, 2.45) is 0 Å². The van der Waals surface area contributed by atoms with Gasteiger partial charge < -0.3 is 14.7 Å². The first kappa shape index (κ1) is 11.1. The van der Waals surface area contributed by atoms with Crippen LogP contribution < -0.4 is 4.90 Å². The highest BCUT2D eigenvalue weighted by atomic mass is 16.5. The van der Waals surface area contributed by atoms with Gasteiger partial charge in [0.1, 0.15) is 0 Å². The van der Waals surface area contributed by atoms with Gasteiger partial charge in [0.2, 0.25) is 0 Å². The Bertz CT molecular complexity index is 376. The molecule has 1 heterocycles. The van der Waals surface area contributed by atoms with E-state index < -0.39 is 0 Å². The van der Waals surface area contributed by atoms with Crippen molar-refractivity contribution in [3.63, 3.8) is 0 Å². The van der Waals surface area contributed by atoms with Gasteiger partial charge in [-0.2, -0.15) is 0 Å². The molecule has 0 aromatic heterocycles. The van der Waals surface area contributed by atoms with E-state index in [1.807, 2.05) is 12.1 Å². The molecule has 2 unspecified atom stereocenters. The van der Waals surface area contributed by atoms with Crippen LogP contribution in [-0.4, -0.2) is 30.4 Å². The number of ether oxygens (including phenoxy) is 1. The lowest BCUT2D eigenvalue weighted by atomic mass is 10.1. The summed E-state index contributed by atoms with van der Waals surface area (Å²) in [4.78, 5) is 2.47. The molecule has 0 bridgehead atoms. The minimum absolute atomic E-state index is 0.120. The van der Waals surface area contributed by atoms with E-state index in [1.165, 1.54) is 24.9 Å². The summed E-state index contributed by atoms with van der Waals surface area (Å²) >= 11 is 0. The van der Waals surface area contributed by atoms with Crippen LogP contribution in [0.15, 0.2) is 24.3 Å². The zero-order valence-electron chi connectivity index (χ0n) is 10.0. The first-order valence-electron chi connectivity index (χ1n) is 6.46. The van der Waals surface area contributed by atoms with E-state index >= 15 is 0 Å². The van der Waals surface area contributed by atoms with Crippen molar-refractivity contribution in [2.75, 3.05) is 18.1 Å². The van der Waals surface area contributed by atoms with Gasteiger partial charge in [-0.3, -0.25) is 0 Å². The molecule has 92 valence electrons. The van der Waals surface area contributed by atoms with Crippen molar-refractivity contribution in [2.45, 2.75) is 38.0 Å². The van der Waals surface area contributed by atoms with Crippen molar-refractivity contribution >= 4 is 5.69 Å². The number of fused-ring (bicyclic) bond motifs is 1. The van der Waals surface area contributed by atoms with Gasteiger partial charge >= 0.3 is 0 Å². The van der Waals surface area contributed by atoms with Gasteiger partial charge in [0.25, 0.3) is 0 Å². The SMILES string of the molecule is OCc1ccc(N2CCOC3CCCC32)cc1. The first-order chi connectivity index (χ1) is 8.38. The van der Waals surface area contributed by atoms with Crippen LogP contribution >= 0.6 is 0 Å². The van der Waals surface area contributed by atoms with Crippen molar-refractivity contribution in [3.05, 3.63) is 29.8 Å². The molecule has 0 spiro atoms. The number of benzene rings is 1. The smallest absolute Gasteiger partial charge is 0.0779 e. The van der Waals surface area contributed by atoms with Gasteiger partial charge in [-0.15, -0.1) is 0 Å². The minimum Gasteiger partial charge on any atom is -0.392 e. The second-order valence-electron chi connectivity index (χ2n) is 4.93. The fourth-order valence-corrected chi connectivity index (χ4v) is 3.04. The monoisotopic (exact) mass is 233 g/mol. The topological polar surface area (TPSA) is 32.7 Å². The largest absolute Gasteiger partial charge is 0.392 e. The molecule has 2 aliphatic rings. The third-order valence-electron chi connectivity index (χ3n) is 3.93. The zero-order chi connectivity index (χ0) is 11.7. The van der Waals surface area contributed by atoms with Crippen LogP contribution in [-0.2, 0) is 11.3 Å². The van der Waals surface area contributed by atoms with Crippen LogP contribution in [0.5, 0.6) is 0 Å². The molecule has 0 amide bonds. The Labute approximate surface area is 102 Å². The molecule has 1 aliphatic heterocycles. The Kier molecular flexibility index (Phi) is 3.04. The maximum Gasteiger partial charge on any atom is 0.0779 e. The Morgan fingerprint density at radius 3 is 2.82 bits per heavy atom. The van der Waals surface area contributed by atoms with Crippen LogP contribution in [0.1, 0.15) is 24.8 Å². The summed E-state index contributed by atoms with van der Waals surface area (Å²) in [5.41, 5.74) is 2.24. The van der Waals surface area contributed by atoms with Crippen LogP contribution in [0.2, 0.25) is 0 Å². The van der Waals surface area contributed by atoms with Crippen molar-refractivity contribution in [1.82, 2.24) is 0 Å². The number of rotatable bonds is 2. The Morgan fingerprint density at radius 1 is 1.24 bits per heavy atom. The van der Waals surface area contributed by atoms with Gasteiger partial charge in [0.05, 0.1) is 25.4 Å². The van der Waals surface area contributed by atoms with Crippen LogP contribution in [0, 0.1) is 0 Å². The summed E-state index contributed by atoms with van der Waals surface area (Å²) in [6.45, 7) is 1.94. The quantitative estimate of drug-likeness (QED) is 0.847. The van der Waals surface area contributed by atoms with Crippen LogP contribution in [0.4, 0.5) is 5.69 Å². The summed E-state index contributed by atoms with van der Waals surface area (Å²) in [5.74, 6) is 0. The van der Waals surface area contributed by atoms with Gasteiger partial charge in [-0.25, -0.2) is 0 Å². The second-order valence-corrected chi connectivity index (χ2v) is 4.93. The zero-order valence-corrected chi connectivity index (χ0v) is 10.0. The summed E-state index contributed by atoms with van der Waals surface area (Å²) < 4.78 is 5.82. The predicted molar refractivity (Wildman–Crippen MR) is 67.1 cm³/mol. The molecule has 1 saturated heterocycles. The summed E-state index contributed by atoms with van der Waals surface area (Å²) in [5, 5.41) is 9.06. The van der Waals surface area contributed by atoms with Crippen molar-refractivity contribution in [1.29, 1.82) is 0 Å². The predicted octanol–water partition coefficient (Wildman–Crippen LogP) is 1.94. The number of aliphatic hydroxyl groups is 1. The lowest BCUT2D eigenvalue weighted by molar-refractivity contribution is 0.0256. The van der Waals surface area contributed by atoms with E-state index in [-0.39, 0.29) is 6.61 Å². The van der Waals surface area contributed by atoms with Crippen molar-refractivity contribution in [3.8, 4) is 0 Å². The number of anilines is 1. The third-order valence-corrected chi connectivity index (χ3v) is 3.93. The fourth-order valence-electron chi connectivity index (χ4n) is 3.04. The molecule has 2 atom stereocenters. The van der Waals surface area contributed by atoms with Gasteiger partial charge in [-0.1, -0.05) is 12.1 Å². The molecule has 1 aromatic rings. The maximum atomic E-state index is 9.06. The van der Waals surface area contributed by atoms with Crippen LogP contribution in [0.25, 0.3) is 0 Å². The van der Waals surface area contributed by atoms with E-state index in [0.29, 0.717) is 12.1 Å². The molecular weight excluding hydrogens is 214 g/mol. The lowest BCUT2D eigenvalue weighted by Gasteiger charge is -2.39. The lowest BCUT2D eigenvalue weighted by Crippen LogP contribution is -2.48. The molecule has 2 fully saturated rings. The standard InChI is InChI=1S/C14H19NO2/c16-10-11-4-6-12(7-5-11)15-8-9-17-14-3-1-2-13(14)15/h4-7,13-14,16H,1-3,8-10H2. The average molecular weight is 233 g/mol. The fraction of sp³-hybridized carbons (Fsp3) is 0.571. The molecule has 3 rings (SSSR count). The molecule has 1 N–H and O–H groups in total. The van der Waals surface area contributed by atoms with Gasteiger partial charge in [0.15, 0.2) is 0 Å². The first-order valence-corrected chi connectivity index (χ1v) is 6.46. The number of nitrogens with zero attached hydrogens (tertiary/aromatic N) is 1. The second kappa shape index (κ2) is 4.67. The van der Waals surface area contributed by atoms with E-state index in [0.717, 1.165) is 18.7 Å². The Morgan fingerprint density at radius 2 is 2.06 bits per heavy atom. The summed E-state index contributed by atoms with van der Waals surface area (Å²) in [6.07, 6.45) is 4.16. The molecular formula is C14H19NO2. The summed E-state index contributed by atoms with van der Waals surface area (Å²) in [6, 6.07) is 8.81. The highest BCUT2D eigenvalue weighted by Crippen LogP contribution is 2.33. The normalized spacial score (nSPS) is 28.2. The molecule has 1 aliphatic carbocycles. The number of hydrogen-bond donors (Lipinski definition) is 1. The highest BCUT2D eigenvalue weighted by molar-refractivity contribution is 5.49. The van der Waals surface area contributed by atoms with E-state index in [4.69, 9.17) is 9.84 Å². The van der Waals surface area contributed by atoms with E-state index in [1.54, 1.807) is 0 Å². The van der Waals surface area contributed by atoms with Crippen LogP contribution in [0.3, 0.4) is 0 Å². The third kappa shape index (κ3) is 2.05. The summed E-state index contributed by atoms with van der Waals surface area (Å²) in [7, 11) is 0. The maximum absolute atomic E-state index is 9.06. The van der Waals surface area contributed by atoms with E-state index in [2.05, 4.69) is 17.0 Å². The molecule has 1 aromatic carbocycles. The molecule has 3 heteroatoms. The highest BCUT2D eigenvalue weighted by Gasteiger charge is 2.35. The molecule has 1 saturated carbocycles. The molecule has 0 radical (unpaired) electrons. The van der Waals surface area contributed by atoms with Crippen molar-refractivity contribution < 1.29 is 9.84 Å². The molecule has 17 heavy (non-hydrogen) atoms. The van der Waals surface area contributed by atoms with E-state index in [9.17, 15) is 0 Å². The number of morpholine rings is 1. The number of hydrogen-bond acceptors (Lipinski definition) is 3. The minimum atomic E-state index is 0.120. The molecule has 3 nitrogen and oxygen atoms in total. The number of aliphatic hydroxyl groups excluding tert-OH is 1. The van der Waals surface area contributed by atoms with Gasteiger partial charge in [0, 0.05) is 12.2 Å². The Hall–Kier alpha value is -1.06. The average Bonchev–Trinajstić information content (AvgIpc) is 2.87. The van der Waals surface area contributed by atoms with Gasteiger partial charge in [-0.05, 0) is 37.0 Å².